The minimum absolute atomic E-state index is 1.04. The standard InChI is InChI=1S/C11H16N2/c1-2-3-7-10-12-13-11-8-5-4-6-9-11/h4-6,8-10,13H,2-3,7H2,1H3/b12-10-. The molecular weight excluding hydrogens is 160 g/mol. The fraction of sp³-hybridized carbons (Fsp3) is 0.364. The number of hydrogen-bond acceptors (Lipinski definition) is 2. The smallest absolute Gasteiger partial charge is 0.0561 e. The molecule has 0 heterocycles. The van der Waals surface area contributed by atoms with Crippen molar-refractivity contribution in [2.45, 2.75) is 26.2 Å². The zero-order chi connectivity index (χ0) is 9.36. The molecule has 1 rings (SSSR count). The van der Waals surface area contributed by atoms with Gasteiger partial charge in [-0.1, -0.05) is 31.5 Å². The van der Waals surface area contributed by atoms with E-state index in [9.17, 15) is 0 Å². The van der Waals surface area contributed by atoms with Crippen molar-refractivity contribution in [2.24, 2.45) is 5.10 Å². The first-order valence-electron chi connectivity index (χ1n) is 4.76. The van der Waals surface area contributed by atoms with Gasteiger partial charge in [0.1, 0.15) is 0 Å². The summed E-state index contributed by atoms with van der Waals surface area (Å²) < 4.78 is 0. The van der Waals surface area contributed by atoms with Crippen LogP contribution in [0.15, 0.2) is 35.4 Å². The van der Waals surface area contributed by atoms with Crippen molar-refractivity contribution in [3.05, 3.63) is 30.3 Å². The van der Waals surface area contributed by atoms with E-state index in [0.717, 1.165) is 12.1 Å². The molecule has 70 valence electrons. The molecule has 0 saturated carbocycles. The summed E-state index contributed by atoms with van der Waals surface area (Å²) in [6.07, 6.45) is 5.41. The summed E-state index contributed by atoms with van der Waals surface area (Å²) >= 11 is 0. The molecule has 0 unspecified atom stereocenters. The van der Waals surface area contributed by atoms with Gasteiger partial charge >= 0.3 is 0 Å². The van der Waals surface area contributed by atoms with Gasteiger partial charge in [0, 0.05) is 6.21 Å². The number of benzene rings is 1. The van der Waals surface area contributed by atoms with Crippen molar-refractivity contribution >= 4 is 11.9 Å². The van der Waals surface area contributed by atoms with Crippen LogP contribution >= 0.6 is 0 Å². The van der Waals surface area contributed by atoms with Crippen LogP contribution in [-0.4, -0.2) is 6.21 Å². The van der Waals surface area contributed by atoms with Crippen molar-refractivity contribution in [2.75, 3.05) is 5.43 Å². The number of anilines is 1. The Morgan fingerprint density at radius 1 is 1.31 bits per heavy atom. The monoisotopic (exact) mass is 176 g/mol. The Labute approximate surface area is 79.7 Å². The van der Waals surface area contributed by atoms with Crippen molar-refractivity contribution in [1.82, 2.24) is 0 Å². The van der Waals surface area contributed by atoms with Crippen molar-refractivity contribution in [3.8, 4) is 0 Å². The van der Waals surface area contributed by atoms with Gasteiger partial charge in [-0.05, 0) is 25.0 Å². The minimum atomic E-state index is 1.04. The number of rotatable bonds is 5. The van der Waals surface area contributed by atoms with Gasteiger partial charge in [-0.25, -0.2) is 0 Å². The number of nitrogens with one attached hydrogen (secondary N) is 1. The third-order valence-electron chi connectivity index (χ3n) is 1.75. The number of para-hydroxylation sites is 1. The number of nitrogens with zero attached hydrogens (tertiary/aromatic N) is 1. The minimum Gasteiger partial charge on any atom is -0.279 e. The molecule has 0 aromatic heterocycles. The van der Waals surface area contributed by atoms with Gasteiger partial charge in [0.2, 0.25) is 0 Å². The SMILES string of the molecule is CCCC/C=N\Nc1ccccc1. The van der Waals surface area contributed by atoms with Gasteiger partial charge in [0.15, 0.2) is 0 Å². The van der Waals surface area contributed by atoms with Gasteiger partial charge in [-0.3, -0.25) is 5.43 Å². The fourth-order valence-corrected chi connectivity index (χ4v) is 0.993. The lowest BCUT2D eigenvalue weighted by atomic mass is 10.3. The summed E-state index contributed by atoms with van der Waals surface area (Å²) in [7, 11) is 0. The van der Waals surface area contributed by atoms with Crippen LogP contribution in [0.5, 0.6) is 0 Å². The topological polar surface area (TPSA) is 24.4 Å². The molecule has 0 fully saturated rings. The lowest BCUT2D eigenvalue weighted by Crippen LogP contribution is -1.88. The highest BCUT2D eigenvalue weighted by Gasteiger charge is 1.83. The van der Waals surface area contributed by atoms with Gasteiger partial charge in [-0.2, -0.15) is 5.10 Å². The van der Waals surface area contributed by atoms with E-state index in [2.05, 4.69) is 17.5 Å². The highest BCUT2D eigenvalue weighted by molar-refractivity contribution is 5.59. The first-order valence-corrected chi connectivity index (χ1v) is 4.76. The molecule has 0 bridgehead atoms. The second kappa shape index (κ2) is 6.23. The predicted octanol–water partition coefficient (Wildman–Crippen LogP) is 3.27. The molecule has 1 N–H and O–H groups in total. The number of hydrogen-bond donors (Lipinski definition) is 1. The summed E-state index contributed by atoms with van der Waals surface area (Å²) in [4.78, 5) is 0. The second-order valence-electron chi connectivity index (χ2n) is 2.93. The summed E-state index contributed by atoms with van der Waals surface area (Å²) in [5, 5.41) is 4.10. The summed E-state index contributed by atoms with van der Waals surface area (Å²) in [5.74, 6) is 0. The molecule has 0 aliphatic rings. The Balaban J connectivity index is 2.23. The molecule has 0 radical (unpaired) electrons. The maximum Gasteiger partial charge on any atom is 0.0561 e. The fourth-order valence-electron chi connectivity index (χ4n) is 0.993. The van der Waals surface area contributed by atoms with Gasteiger partial charge in [-0.15, -0.1) is 0 Å². The van der Waals surface area contributed by atoms with Gasteiger partial charge in [0.25, 0.3) is 0 Å². The average Bonchev–Trinajstić information content (AvgIpc) is 2.19. The quantitative estimate of drug-likeness (QED) is 0.415. The molecule has 0 saturated heterocycles. The van der Waals surface area contributed by atoms with Crippen LogP contribution in [0.25, 0.3) is 0 Å². The molecule has 1 aromatic carbocycles. The Kier molecular flexibility index (Phi) is 4.69. The van der Waals surface area contributed by atoms with Crippen LogP contribution in [0.3, 0.4) is 0 Å². The van der Waals surface area contributed by atoms with Crippen LogP contribution in [0.1, 0.15) is 26.2 Å². The molecule has 0 spiro atoms. The highest BCUT2D eigenvalue weighted by Crippen LogP contribution is 2.03. The Bertz CT molecular complexity index is 242. The Morgan fingerprint density at radius 3 is 2.77 bits per heavy atom. The third kappa shape index (κ3) is 4.31. The largest absolute Gasteiger partial charge is 0.279 e. The average molecular weight is 176 g/mol. The van der Waals surface area contributed by atoms with E-state index in [4.69, 9.17) is 0 Å². The molecule has 0 aliphatic carbocycles. The summed E-state index contributed by atoms with van der Waals surface area (Å²) in [6, 6.07) is 9.97. The third-order valence-corrected chi connectivity index (χ3v) is 1.75. The van der Waals surface area contributed by atoms with E-state index in [-0.39, 0.29) is 0 Å². The molecule has 13 heavy (non-hydrogen) atoms. The maximum atomic E-state index is 4.10. The van der Waals surface area contributed by atoms with E-state index in [1.165, 1.54) is 12.8 Å². The molecule has 0 amide bonds. The van der Waals surface area contributed by atoms with E-state index < -0.39 is 0 Å². The molecule has 2 heteroatoms. The second-order valence-corrected chi connectivity index (χ2v) is 2.93. The zero-order valence-electron chi connectivity index (χ0n) is 8.03. The van der Waals surface area contributed by atoms with E-state index >= 15 is 0 Å². The van der Waals surface area contributed by atoms with Crippen molar-refractivity contribution in [3.63, 3.8) is 0 Å². The number of unbranched alkanes of at least 4 members (excludes halogenated alkanes) is 2. The van der Waals surface area contributed by atoms with Crippen molar-refractivity contribution < 1.29 is 0 Å². The van der Waals surface area contributed by atoms with Crippen LogP contribution in [0, 0.1) is 0 Å². The maximum absolute atomic E-state index is 4.10. The highest BCUT2D eigenvalue weighted by atomic mass is 15.3. The van der Waals surface area contributed by atoms with E-state index in [0.29, 0.717) is 0 Å². The molecule has 0 aliphatic heterocycles. The van der Waals surface area contributed by atoms with Crippen LogP contribution in [0.4, 0.5) is 5.69 Å². The van der Waals surface area contributed by atoms with Crippen LogP contribution < -0.4 is 5.43 Å². The summed E-state index contributed by atoms with van der Waals surface area (Å²) in [5.41, 5.74) is 4.01. The molecule has 0 atom stereocenters. The lowest BCUT2D eigenvalue weighted by Gasteiger charge is -1.97. The first kappa shape index (κ1) is 9.78. The predicted molar refractivity (Wildman–Crippen MR) is 58.1 cm³/mol. The number of hydrazone groups is 1. The molecule has 1 aromatic rings. The van der Waals surface area contributed by atoms with E-state index in [1.807, 2.05) is 36.5 Å². The van der Waals surface area contributed by atoms with Gasteiger partial charge in [0.05, 0.1) is 5.69 Å². The first-order chi connectivity index (χ1) is 6.43. The lowest BCUT2D eigenvalue weighted by molar-refractivity contribution is 0.842. The molecular formula is C11H16N2. The van der Waals surface area contributed by atoms with Crippen LogP contribution in [-0.2, 0) is 0 Å². The summed E-state index contributed by atoms with van der Waals surface area (Å²) in [6.45, 7) is 2.18. The Morgan fingerprint density at radius 2 is 2.08 bits per heavy atom. The van der Waals surface area contributed by atoms with Crippen LogP contribution in [0.2, 0.25) is 0 Å². The van der Waals surface area contributed by atoms with E-state index in [1.54, 1.807) is 0 Å². The Hall–Kier alpha value is -1.31. The zero-order valence-corrected chi connectivity index (χ0v) is 8.03. The normalized spacial score (nSPS) is 10.5. The molecule has 2 nitrogen and oxygen atoms in total. The van der Waals surface area contributed by atoms with Gasteiger partial charge < -0.3 is 0 Å². The van der Waals surface area contributed by atoms with Crippen molar-refractivity contribution in [1.29, 1.82) is 0 Å².